The van der Waals surface area contributed by atoms with Gasteiger partial charge in [0, 0.05) is 36.5 Å². The van der Waals surface area contributed by atoms with Crippen LogP contribution >= 0.6 is 0 Å². The number of likely N-dealkylation sites (N-methyl/N-ethyl adjacent to an activating group) is 1. The van der Waals surface area contributed by atoms with Crippen molar-refractivity contribution in [2.24, 2.45) is 0 Å². The summed E-state index contributed by atoms with van der Waals surface area (Å²) in [4.78, 5) is 15.9. The topological polar surface area (TPSA) is 45.9 Å². The molecule has 0 aliphatic carbocycles. The van der Waals surface area contributed by atoms with Crippen LogP contribution in [0.3, 0.4) is 0 Å². The van der Waals surface area contributed by atoms with Crippen LogP contribution in [0.2, 0.25) is 0 Å². The lowest BCUT2D eigenvalue weighted by molar-refractivity contribution is -0.0113. The molecule has 1 unspecified atom stereocenters. The van der Waals surface area contributed by atoms with E-state index in [-0.39, 0.29) is 11.7 Å². The molecule has 5 rings (SSSR count). The van der Waals surface area contributed by atoms with Gasteiger partial charge in [0.05, 0.1) is 6.54 Å². The minimum Gasteiger partial charge on any atom is -0.456 e. The number of ether oxygens (including phenoxy) is 1. The third-order valence-electron chi connectivity index (χ3n) is 5.64. The Balaban J connectivity index is 1.45. The van der Waals surface area contributed by atoms with Crippen LogP contribution in [0.25, 0.3) is 21.9 Å². The molecule has 0 bridgehead atoms. The number of piperidine rings is 1. The van der Waals surface area contributed by atoms with E-state index in [4.69, 9.17) is 9.15 Å². The number of benzene rings is 2. The second kappa shape index (κ2) is 5.74. The SMILES string of the molecule is CN1CC2(CCCN(Cc3cccc4c3oc3ccccc34)C2)OC1=O. The summed E-state index contributed by atoms with van der Waals surface area (Å²) in [6, 6.07) is 14.5. The zero-order valence-corrected chi connectivity index (χ0v) is 14.9. The maximum atomic E-state index is 11.9. The molecular weight excluding hydrogens is 328 g/mol. The number of hydrogen-bond acceptors (Lipinski definition) is 4. The molecule has 26 heavy (non-hydrogen) atoms. The van der Waals surface area contributed by atoms with Crippen molar-refractivity contribution in [2.45, 2.75) is 25.0 Å². The summed E-state index contributed by atoms with van der Waals surface area (Å²) in [5.41, 5.74) is 2.73. The summed E-state index contributed by atoms with van der Waals surface area (Å²) in [5, 5.41) is 2.32. The van der Waals surface area contributed by atoms with Gasteiger partial charge in [-0.05, 0) is 25.5 Å². The van der Waals surface area contributed by atoms with Crippen LogP contribution in [-0.4, -0.2) is 48.2 Å². The Hall–Kier alpha value is -2.53. The Kier molecular flexibility index (Phi) is 3.47. The number of carbonyl (C=O) groups is 1. The van der Waals surface area contributed by atoms with Gasteiger partial charge in [-0.15, -0.1) is 0 Å². The van der Waals surface area contributed by atoms with Gasteiger partial charge in [0.1, 0.15) is 16.8 Å². The molecular formula is C21H22N2O3. The molecule has 2 aliphatic rings. The van der Waals surface area contributed by atoms with Crippen LogP contribution in [-0.2, 0) is 11.3 Å². The van der Waals surface area contributed by atoms with Crippen LogP contribution in [0.4, 0.5) is 4.79 Å². The maximum Gasteiger partial charge on any atom is 0.410 e. The van der Waals surface area contributed by atoms with Crippen molar-refractivity contribution in [1.82, 2.24) is 9.80 Å². The number of furan rings is 1. The normalized spacial score (nSPS) is 24.0. The van der Waals surface area contributed by atoms with E-state index in [1.54, 1.807) is 4.90 Å². The smallest absolute Gasteiger partial charge is 0.410 e. The highest BCUT2D eigenvalue weighted by molar-refractivity contribution is 6.05. The fraction of sp³-hybridized carbons (Fsp3) is 0.381. The van der Waals surface area contributed by atoms with Gasteiger partial charge < -0.3 is 14.1 Å². The van der Waals surface area contributed by atoms with Gasteiger partial charge in [0.2, 0.25) is 0 Å². The molecule has 3 aromatic rings. The molecule has 5 heteroatoms. The van der Waals surface area contributed by atoms with Gasteiger partial charge in [-0.3, -0.25) is 4.90 Å². The largest absolute Gasteiger partial charge is 0.456 e. The average Bonchev–Trinajstić information content (AvgIpc) is 3.13. The third-order valence-corrected chi connectivity index (χ3v) is 5.64. The van der Waals surface area contributed by atoms with Gasteiger partial charge in [0.25, 0.3) is 0 Å². The van der Waals surface area contributed by atoms with Crippen LogP contribution < -0.4 is 0 Å². The quantitative estimate of drug-likeness (QED) is 0.701. The van der Waals surface area contributed by atoms with Crippen LogP contribution in [0.5, 0.6) is 0 Å². The van der Waals surface area contributed by atoms with E-state index in [0.29, 0.717) is 6.54 Å². The maximum absolute atomic E-state index is 11.9. The summed E-state index contributed by atoms with van der Waals surface area (Å²) in [6.45, 7) is 3.27. The molecule has 1 aromatic heterocycles. The minimum atomic E-state index is -0.355. The molecule has 2 fully saturated rings. The second-order valence-electron chi connectivity index (χ2n) is 7.61. The number of para-hydroxylation sites is 2. The zero-order valence-electron chi connectivity index (χ0n) is 14.9. The lowest BCUT2D eigenvalue weighted by atomic mass is 9.92. The summed E-state index contributed by atoms with van der Waals surface area (Å²) in [7, 11) is 1.81. The predicted molar refractivity (Wildman–Crippen MR) is 100 cm³/mol. The number of hydrogen-bond donors (Lipinski definition) is 0. The monoisotopic (exact) mass is 350 g/mol. The van der Waals surface area contributed by atoms with E-state index in [0.717, 1.165) is 54.4 Å². The molecule has 2 aliphatic heterocycles. The summed E-state index contributed by atoms with van der Waals surface area (Å²) in [5.74, 6) is 0. The van der Waals surface area contributed by atoms with Crippen molar-refractivity contribution < 1.29 is 13.9 Å². The highest BCUT2D eigenvalue weighted by atomic mass is 16.6. The highest BCUT2D eigenvalue weighted by Crippen LogP contribution is 2.34. The van der Waals surface area contributed by atoms with Crippen molar-refractivity contribution in [1.29, 1.82) is 0 Å². The lowest BCUT2D eigenvalue weighted by Gasteiger charge is -2.38. The lowest BCUT2D eigenvalue weighted by Crippen LogP contribution is -2.50. The number of likely N-dealkylation sites (tertiary alicyclic amines) is 1. The third kappa shape index (κ3) is 2.46. The highest BCUT2D eigenvalue weighted by Gasteiger charge is 2.46. The average molecular weight is 350 g/mol. The fourth-order valence-corrected chi connectivity index (χ4v) is 4.50. The standard InChI is InChI=1S/C21H22N2O3/c1-22-13-21(26-20(22)24)10-5-11-23(14-21)12-15-6-4-8-17-16-7-2-3-9-18(16)25-19(15)17/h2-4,6-9H,5,10-14H2,1H3. The minimum absolute atomic E-state index is 0.203. The molecule has 5 nitrogen and oxygen atoms in total. The first-order valence-electron chi connectivity index (χ1n) is 9.19. The van der Waals surface area contributed by atoms with Crippen molar-refractivity contribution in [3.05, 3.63) is 48.0 Å². The number of rotatable bonds is 2. The number of carbonyl (C=O) groups excluding carboxylic acids is 1. The van der Waals surface area contributed by atoms with Crippen molar-refractivity contribution >= 4 is 28.0 Å². The number of amides is 1. The van der Waals surface area contributed by atoms with Gasteiger partial charge in [-0.2, -0.15) is 0 Å². The Morgan fingerprint density at radius 1 is 1.08 bits per heavy atom. The Morgan fingerprint density at radius 3 is 2.77 bits per heavy atom. The molecule has 0 saturated carbocycles. The van der Waals surface area contributed by atoms with Crippen molar-refractivity contribution in [2.75, 3.05) is 26.7 Å². The van der Waals surface area contributed by atoms with Crippen LogP contribution in [0.1, 0.15) is 18.4 Å². The van der Waals surface area contributed by atoms with Crippen LogP contribution in [0, 0.1) is 0 Å². The van der Waals surface area contributed by atoms with Gasteiger partial charge in [-0.25, -0.2) is 4.79 Å². The van der Waals surface area contributed by atoms with Crippen LogP contribution in [0.15, 0.2) is 46.9 Å². The summed E-state index contributed by atoms with van der Waals surface area (Å²) < 4.78 is 11.9. The second-order valence-corrected chi connectivity index (χ2v) is 7.61. The van der Waals surface area contributed by atoms with E-state index < -0.39 is 0 Å². The molecule has 1 spiro atoms. The van der Waals surface area contributed by atoms with Crippen molar-refractivity contribution in [3.63, 3.8) is 0 Å². The molecule has 0 N–H and O–H groups in total. The molecule has 134 valence electrons. The van der Waals surface area contributed by atoms with Crippen molar-refractivity contribution in [3.8, 4) is 0 Å². The number of fused-ring (bicyclic) bond motifs is 3. The van der Waals surface area contributed by atoms with E-state index in [1.807, 2.05) is 25.2 Å². The summed E-state index contributed by atoms with van der Waals surface area (Å²) in [6.07, 6.45) is 1.78. The molecule has 1 atom stereocenters. The van der Waals surface area contributed by atoms with E-state index in [1.165, 1.54) is 5.56 Å². The van der Waals surface area contributed by atoms with E-state index in [2.05, 4.69) is 29.2 Å². The first-order valence-corrected chi connectivity index (χ1v) is 9.19. The Morgan fingerprint density at radius 2 is 1.92 bits per heavy atom. The molecule has 2 aromatic carbocycles. The van der Waals surface area contributed by atoms with E-state index >= 15 is 0 Å². The molecule has 2 saturated heterocycles. The predicted octanol–water partition coefficient (Wildman–Crippen LogP) is 4.00. The first-order chi connectivity index (χ1) is 12.6. The number of nitrogens with zero attached hydrogens (tertiary/aromatic N) is 2. The Labute approximate surface area is 152 Å². The molecule has 3 heterocycles. The van der Waals surface area contributed by atoms with E-state index in [9.17, 15) is 4.79 Å². The first kappa shape index (κ1) is 15.7. The molecule has 0 radical (unpaired) electrons. The molecule has 1 amide bonds. The van der Waals surface area contributed by atoms with Gasteiger partial charge in [-0.1, -0.05) is 36.4 Å². The zero-order chi connectivity index (χ0) is 17.7. The van der Waals surface area contributed by atoms with Gasteiger partial charge in [0.15, 0.2) is 0 Å². The van der Waals surface area contributed by atoms with Gasteiger partial charge >= 0.3 is 6.09 Å². The summed E-state index contributed by atoms with van der Waals surface area (Å²) >= 11 is 0. The fourth-order valence-electron chi connectivity index (χ4n) is 4.50. The Bertz CT molecular complexity index is 995.